The molecule has 104 valence electrons. The maximum atomic E-state index is 7.46. The number of hydrogen-bond acceptors (Lipinski definition) is 17. The van der Waals surface area contributed by atoms with Gasteiger partial charge in [0.2, 0.25) is 0 Å². The van der Waals surface area contributed by atoms with Crippen LogP contribution < -0.4 is 0 Å². The summed E-state index contributed by atoms with van der Waals surface area (Å²) in [7, 11) is 0. The monoisotopic (exact) mass is 274 g/mol. The van der Waals surface area contributed by atoms with Gasteiger partial charge in [0.25, 0.3) is 0 Å². The fourth-order valence-electron chi connectivity index (χ4n) is 0.150. The molecule has 0 radical (unpaired) electrons. The average Bonchev–Trinajstić information content (AvgIpc) is 2.35. The van der Waals surface area contributed by atoms with E-state index in [4.69, 9.17) is 10.5 Å². The molecule has 17 heavy (non-hydrogen) atoms. The summed E-state index contributed by atoms with van der Waals surface area (Å²) in [6.07, 6.45) is 0. The molecule has 0 aliphatic heterocycles. The highest BCUT2D eigenvalue weighted by atomic mass is 18.0. The van der Waals surface area contributed by atoms with Crippen LogP contribution in [0.1, 0.15) is 0 Å². The van der Waals surface area contributed by atoms with Gasteiger partial charge < -0.3 is 0 Å². The third kappa shape index (κ3) is 15.3. The third-order valence-electron chi connectivity index (χ3n) is 0.394. The highest BCUT2D eigenvalue weighted by molar-refractivity contribution is 3.06. The van der Waals surface area contributed by atoms with Gasteiger partial charge in [-0.25, -0.2) is 10.5 Å². The average molecular weight is 274 g/mol. The molecule has 0 aromatic rings. The minimum absolute atomic E-state index is 2.87. The summed E-state index contributed by atoms with van der Waals surface area (Å²) in [5, 5.41) is 64.5. The summed E-state index contributed by atoms with van der Waals surface area (Å²) in [5.41, 5.74) is 0. The van der Waals surface area contributed by atoms with E-state index in [9.17, 15) is 0 Å². The largest absolute Gasteiger partial charge is 0.219 e. The summed E-state index contributed by atoms with van der Waals surface area (Å²) in [5.74, 6) is 0. The maximum absolute atomic E-state index is 7.46. The van der Waals surface area contributed by atoms with Crippen molar-refractivity contribution >= 4 is 0 Å². The Morgan fingerprint density at radius 2 is 0.471 bits per heavy atom. The summed E-state index contributed by atoms with van der Waals surface area (Å²) in [6.45, 7) is 0. The Labute approximate surface area is 87.5 Å². The predicted octanol–water partition coefficient (Wildman–Crippen LogP) is -1.01. The molecule has 17 nitrogen and oxygen atoms in total. The molecule has 0 rings (SSSR count). The van der Waals surface area contributed by atoms with Crippen LogP contribution in [0.4, 0.5) is 0 Å². The van der Waals surface area contributed by atoms with Crippen molar-refractivity contribution < 1.29 is 86.1 Å². The number of rotatable bonds is 14. The smallest absolute Gasteiger partial charge is 0.000000000000000105 e. The molecule has 0 saturated heterocycles. The Bertz CT molecular complexity index is 103. The lowest BCUT2D eigenvalue weighted by molar-refractivity contribution is -0.886. The minimum atomic E-state index is 2.87. The fraction of sp³-hybridized carbons (Fsp3) is 0. The van der Waals surface area contributed by atoms with Gasteiger partial charge >= 0.3 is 0 Å². The van der Waals surface area contributed by atoms with E-state index in [2.05, 4.69) is 75.6 Å². The molecule has 0 bridgehead atoms. The fourth-order valence-corrected chi connectivity index (χ4v) is 0.150. The van der Waals surface area contributed by atoms with Crippen LogP contribution in [0, 0.1) is 0 Å². The van der Waals surface area contributed by atoms with Crippen LogP contribution in [-0.4, -0.2) is 10.5 Å². The Hall–Kier alpha value is -0.680. The lowest BCUT2D eigenvalue weighted by Crippen LogP contribution is -2.04. The SMILES string of the molecule is OOOOOOOOOOOOOOOOO. The van der Waals surface area contributed by atoms with Crippen molar-refractivity contribution in [2.75, 3.05) is 0 Å². The molecule has 0 aliphatic carbocycles. The molecular formula is H2O17. The van der Waals surface area contributed by atoms with Gasteiger partial charge in [0.1, 0.15) is 0 Å². The quantitative estimate of drug-likeness (QED) is 0.223. The Kier molecular flexibility index (Phi) is 14.7. The zero-order valence-electron chi connectivity index (χ0n) is 7.02. The van der Waals surface area contributed by atoms with Crippen molar-refractivity contribution in [3.05, 3.63) is 0 Å². The predicted molar refractivity (Wildman–Crippen MR) is 21.5 cm³/mol. The summed E-state index contributed by atoms with van der Waals surface area (Å²) < 4.78 is 0. The lowest BCUT2D eigenvalue weighted by Gasteiger charge is -1.97. The molecule has 0 aliphatic rings. The molecule has 2 N–H and O–H groups in total. The Morgan fingerprint density at radius 3 is 0.647 bits per heavy atom. The summed E-state index contributed by atoms with van der Waals surface area (Å²) >= 11 is 0. The van der Waals surface area contributed by atoms with E-state index in [1.54, 1.807) is 0 Å². The van der Waals surface area contributed by atoms with E-state index < -0.39 is 0 Å². The van der Waals surface area contributed by atoms with Gasteiger partial charge in [0, 0.05) is 0 Å². The molecule has 0 fully saturated rings. The van der Waals surface area contributed by atoms with E-state index in [-0.39, 0.29) is 0 Å². The van der Waals surface area contributed by atoms with E-state index in [0.717, 1.165) is 0 Å². The molecular weight excluding hydrogens is 272 g/mol. The van der Waals surface area contributed by atoms with Gasteiger partial charge in [-0.1, -0.05) is 0 Å². The van der Waals surface area contributed by atoms with Gasteiger partial charge in [-0.3, -0.25) is 0 Å². The molecule has 0 heterocycles. The van der Waals surface area contributed by atoms with Crippen LogP contribution in [0.25, 0.3) is 0 Å². The lowest BCUT2D eigenvalue weighted by atomic mass is 14.0. The van der Waals surface area contributed by atoms with Gasteiger partial charge in [-0.2, -0.15) is 0 Å². The topological polar surface area (TPSA) is 179 Å². The van der Waals surface area contributed by atoms with Crippen LogP contribution in [0.5, 0.6) is 0 Å². The van der Waals surface area contributed by atoms with Crippen molar-refractivity contribution in [3.63, 3.8) is 0 Å². The molecule has 17 heteroatoms. The highest BCUT2D eigenvalue weighted by Crippen LogP contribution is 1.91. The Balaban J connectivity index is 2.85. The first-order chi connectivity index (χ1) is 8.41. The van der Waals surface area contributed by atoms with Crippen LogP contribution in [0.2, 0.25) is 0 Å². The van der Waals surface area contributed by atoms with Crippen molar-refractivity contribution in [3.8, 4) is 0 Å². The first-order valence-corrected chi connectivity index (χ1v) is 2.70. The zero-order chi connectivity index (χ0) is 12.6. The first kappa shape index (κ1) is 16.3. The van der Waals surface area contributed by atoms with Gasteiger partial charge in [0.05, 0.1) is 0 Å². The third-order valence-corrected chi connectivity index (χ3v) is 0.394. The normalized spacial score (nSPS) is 10.9. The maximum Gasteiger partial charge on any atom is -0.000000000000000105 e. The van der Waals surface area contributed by atoms with Crippen LogP contribution in [0.15, 0.2) is 0 Å². The highest BCUT2D eigenvalue weighted by Gasteiger charge is 1.98. The van der Waals surface area contributed by atoms with Crippen molar-refractivity contribution in [1.82, 2.24) is 0 Å². The first-order valence-electron chi connectivity index (χ1n) is 2.70. The second-order valence-corrected chi connectivity index (χ2v) is 1.03. The molecule has 0 amide bonds. The van der Waals surface area contributed by atoms with E-state index in [0.29, 0.717) is 0 Å². The molecule has 0 aromatic heterocycles. The molecule has 0 saturated carbocycles. The zero-order valence-corrected chi connectivity index (χ0v) is 7.02. The molecule has 0 spiro atoms. The van der Waals surface area contributed by atoms with E-state index in [1.165, 1.54) is 0 Å². The van der Waals surface area contributed by atoms with Crippen LogP contribution in [0.3, 0.4) is 0 Å². The summed E-state index contributed by atoms with van der Waals surface area (Å²) in [4.78, 5) is 0. The molecule has 0 unspecified atom stereocenters. The van der Waals surface area contributed by atoms with Crippen LogP contribution in [-0.2, 0) is 75.6 Å². The van der Waals surface area contributed by atoms with E-state index in [1.807, 2.05) is 0 Å². The molecule has 0 atom stereocenters. The van der Waals surface area contributed by atoms with Gasteiger partial charge in [-0.05, 0) is 75.6 Å². The van der Waals surface area contributed by atoms with Crippen molar-refractivity contribution in [1.29, 1.82) is 0 Å². The van der Waals surface area contributed by atoms with Crippen molar-refractivity contribution in [2.45, 2.75) is 0 Å². The van der Waals surface area contributed by atoms with E-state index >= 15 is 0 Å². The minimum Gasteiger partial charge on any atom is -0.219 e. The van der Waals surface area contributed by atoms with Crippen molar-refractivity contribution in [2.24, 2.45) is 0 Å². The second kappa shape index (κ2) is 15.3. The number of hydrogen-bond donors (Lipinski definition) is 2. The van der Waals surface area contributed by atoms with Gasteiger partial charge in [-0.15, -0.1) is 0 Å². The molecule has 0 aromatic carbocycles. The Morgan fingerprint density at radius 1 is 0.294 bits per heavy atom. The second-order valence-electron chi connectivity index (χ2n) is 1.03. The standard InChI is InChI=1S/H2O17/c1-3-5-7-9-11-13-15-17-16-14-12-10-8-6-4-2/h1-2H. The van der Waals surface area contributed by atoms with Gasteiger partial charge in [0.15, 0.2) is 0 Å². The van der Waals surface area contributed by atoms with Crippen LogP contribution >= 0.6 is 0 Å². The summed E-state index contributed by atoms with van der Waals surface area (Å²) in [6, 6.07) is 0.